The first-order valence-electron chi connectivity index (χ1n) is 5.32. The summed E-state index contributed by atoms with van der Waals surface area (Å²) in [5, 5.41) is -0.0441. The van der Waals surface area contributed by atoms with Gasteiger partial charge in [0.15, 0.2) is 0 Å². The molecule has 0 aliphatic carbocycles. The molecule has 0 fully saturated rings. The first-order chi connectivity index (χ1) is 8.06. The van der Waals surface area contributed by atoms with E-state index >= 15 is 0 Å². The molecule has 0 spiro atoms. The number of hydrogen-bond acceptors (Lipinski definition) is 3. The molecule has 0 aliphatic rings. The Labute approximate surface area is 112 Å². The Morgan fingerprint density at radius 3 is 2.35 bits per heavy atom. The van der Waals surface area contributed by atoms with Crippen LogP contribution in [0.3, 0.4) is 0 Å². The summed E-state index contributed by atoms with van der Waals surface area (Å²) in [5.74, 6) is 0. The summed E-state index contributed by atoms with van der Waals surface area (Å²) in [6.07, 6.45) is 0. The number of nitrogens with zero attached hydrogens (tertiary/aromatic N) is 2. The van der Waals surface area contributed by atoms with Crippen LogP contribution in [0.25, 0.3) is 0 Å². The first kappa shape index (κ1) is 14.0. The van der Waals surface area contributed by atoms with E-state index in [9.17, 15) is 4.79 Å². The molecule has 0 heterocycles. The molecule has 5 heteroatoms. The number of thioether (sulfide) groups is 1. The fourth-order valence-electron chi connectivity index (χ4n) is 1.25. The number of carbonyl (C=O) groups is 1. The molecule has 1 amide bonds. The van der Waals surface area contributed by atoms with Crippen molar-refractivity contribution in [3.8, 4) is 0 Å². The van der Waals surface area contributed by atoms with Crippen molar-refractivity contribution < 1.29 is 4.79 Å². The third-order valence-electron chi connectivity index (χ3n) is 2.14. The van der Waals surface area contributed by atoms with Gasteiger partial charge < -0.3 is 9.80 Å². The highest BCUT2D eigenvalue weighted by atomic mass is 32.2. The number of anilines is 1. The molecule has 0 saturated carbocycles. The molecule has 0 bridgehead atoms. The molecule has 3 nitrogen and oxygen atoms in total. The monoisotopic (exact) mass is 268 g/mol. The van der Waals surface area contributed by atoms with Gasteiger partial charge in [-0.3, -0.25) is 4.79 Å². The number of benzene rings is 1. The van der Waals surface area contributed by atoms with Crippen LogP contribution in [0.4, 0.5) is 10.5 Å². The maximum atomic E-state index is 12.1. The van der Waals surface area contributed by atoms with Gasteiger partial charge >= 0.3 is 0 Å². The summed E-state index contributed by atoms with van der Waals surface area (Å²) in [7, 11) is 3.67. The van der Waals surface area contributed by atoms with E-state index in [0.29, 0.717) is 10.9 Å². The van der Waals surface area contributed by atoms with Crippen molar-refractivity contribution in [2.75, 3.05) is 25.5 Å². The zero-order valence-corrected chi connectivity index (χ0v) is 11.8. The summed E-state index contributed by atoms with van der Waals surface area (Å²) in [4.78, 5) is 15.5. The zero-order valence-electron chi connectivity index (χ0n) is 10.2. The molecule has 0 aromatic heterocycles. The van der Waals surface area contributed by atoms with Crippen molar-refractivity contribution in [2.24, 2.45) is 0 Å². The quantitative estimate of drug-likeness (QED) is 0.768. The lowest BCUT2D eigenvalue weighted by molar-refractivity contribution is 0.265. The molecule has 0 unspecified atom stereocenters. The van der Waals surface area contributed by atoms with Gasteiger partial charge in [0.2, 0.25) is 0 Å². The first-order valence-corrected chi connectivity index (χ1v) is 6.54. The predicted octanol–water partition coefficient (Wildman–Crippen LogP) is 3.21. The summed E-state index contributed by atoms with van der Waals surface area (Å²) in [6, 6.07) is 9.60. The Morgan fingerprint density at radius 2 is 1.88 bits per heavy atom. The van der Waals surface area contributed by atoms with Crippen LogP contribution in [0.2, 0.25) is 0 Å². The highest BCUT2D eigenvalue weighted by Crippen LogP contribution is 2.20. The Balaban J connectivity index is 2.75. The molecule has 1 rings (SSSR count). The van der Waals surface area contributed by atoms with Crippen molar-refractivity contribution >= 4 is 39.2 Å². The van der Waals surface area contributed by atoms with Gasteiger partial charge in [0.1, 0.15) is 4.32 Å². The van der Waals surface area contributed by atoms with Gasteiger partial charge in [0.25, 0.3) is 5.24 Å². The summed E-state index contributed by atoms with van der Waals surface area (Å²) in [5.41, 5.74) is 0.897. The van der Waals surface area contributed by atoms with E-state index in [2.05, 4.69) is 0 Å². The van der Waals surface area contributed by atoms with Crippen LogP contribution in [0.15, 0.2) is 30.3 Å². The second kappa shape index (κ2) is 6.61. The number of para-hydroxylation sites is 1. The standard InChI is InChI=1S/C12H16N2OS2/c1-4-14(10-8-6-5-7-9-10)11(15)17-12(16)13(2)3/h5-9H,4H2,1-3H3. The molecular weight excluding hydrogens is 252 g/mol. The van der Waals surface area contributed by atoms with Crippen molar-refractivity contribution in [1.29, 1.82) is 0 Å². The van der Waals surface area contributed by atoms with E-state index in [0.717, 1.165) is 17.4 Å². The maximum absolute atomic E-state index is 12.1. The molecule has 17 heavy (non-hydrogen) atoms. The highest BCUT2D eigenvalue weighted by Gasteiger charge is 2.17. The fourth-order valence-corrected chi connectivity index (χ4v) is 2.14. The third-order valence-corrected chi connectivity index (χ3v) is 3.69. The molecule has 0 atom stereocenters. The molecule has 0 radical (unpaired) electrons. The van der Waals surface area contributed by atoms with Crippen molar-refractivity contribution in [3.05, 3.63) is 30.3 Å². The Hall–Kier alpha value is -1.07. The van der Waals surface area contributed by atoms with Gasteiger partial charge in [-0.25, -0.2) is 0 Å². The largest absolute Gasteiger partial charge is 0.363 e. The van der Waals surface area contributed by atoms with E-state index in [4.69, 9.17) is 12.2 Å². The lowest BCUT2D eigenvalue weighted by atomic mass is 10.3. The Kier molecular flexibility index (Phi) is 5.44. The van der Waals surface area contributed by atoms with Crippen LogP contribution in [0.5, 0.6) is 0 Å². The summed E-state index contributed by atoms with van der Waals surface area (Å²) < 4.78 is 0.574. The van der Waals surface area contributed by atoms with Crippen LogP contribution < -0.4 is 4.90 Å². The highest BCUT2D eigenvalue weighted by molar-refractivity contribution is 8.32. The Morgan fingerprint density at radius 1 is 1.29 bits per heavy atom. The van der Waals surface area contributed by atoms with Crippen molar-refractivity contribution in [1.82, 2.24) is 4.90 Å². The summed E-state index contributed by atoms with van der Waals surface area (Å²) >= 11 is 6.19. The van der Waals surface area contributed by atoms with Gasteiger partial charge in [-0.1, -0.05) is 30.4 Å². The van der Waals surface area contributed by atoms with Crippen LogP contribution in [0, 0.1) is 0 Å². The number of hydrogen-bond donors (Lipinski definition) is 0. The topological polar surface area (TPSA) is 23.6 Å². The molecule has 1 aromatic carbocycles. The number of carbonyl (C=O) groups excluding carboxylic acids is 1. The second-order valence-corrected chi connectivity index (χ2v) is 5.19. The molecule has 0 saturated heterocycles. The van der Waals surface area contributed by atoms with E-state index in [-0.39, 0.29) is 5.24 Å². The number of amides is 1. The third kappa shape index (κ3) is 4.02. The van der Waals surface area contributed by atoms with Crippen LogP contribution >= 0.6 is 24.0 Å². The van der Waals surface area contributed by atoms with Crippen molar-refractivity contribution in [2.45, 2.75) is 6.92 Å². The summed E-state index contributed by atoms with van der Waals surface area (Å²) in [6.45, 7) is 2.58. The minimum Gasteiger partial charge on any atom is -0.363 e. The average Bonchev–Trinajstić information content (AvgIpc) is 2.31. The van der Waals surface area contributed by atoms with E-state index in [1.807, 2.05) is 51.4 Å². The van der Waals surface area contributed by atoms with Gasteiger partial charge in [0, 0.05) is 38.1 Å². The Bertz CT molecular complexity index is 393. The smallest absolute Gasteiger partial charge is 0.293 e. The van der Waals surface area contributed by atoms with Crippen LogP contribution in [-0.4, -0.2) is 35.1 Å². The molecule has 92 valence electrons. The minimum absolute atomic E-state index is 0.0441. The molecule has 0 aliphatic heterocycles. The van der Waals surface area contributed by atoms with Crippen molar-refractivity contribution in [3.63, 3.8) is 0 Å². The van der Waals surface area contributed by atoms with Crippen LogP contribution in [-0.2, 0) is 0 Å². The van der Waals surface area contributed by atoms with E-state index in [1.54, 1.807) is 9.80 Å². The van der Waals surface area contributed by atoms with Gasteiger partial charge in [-0.2, -0.15) is 0 Å². The number of rotatable bonds is 2. The van der Waals surface area contributed by atoms with E-state index < -0.39 is 0 Å². The average molecular weight is 268 g/mol. The SMILES string of the molecule is CCN(C(=O)SC(=S)N(C)C)c1ccccc1. The fraction of sp³-hybridized carbons (Fsp3) is 0.333. The number of thiocarbonyl (C=S) groups is 1. The normalized spacial score (nSPS) is 9.82. The molecular formula is C12H16N2OS2. The van der Waals surface area contributed by atoms with Gasteiger partial charge in [-0.15, -0.1) is 0 Å². The lowest BCUT2D eigenvalue weighted by Gasteiger charge is -2.21. The molecule has 1 aromatic rings. The minimum atomic E-state index is -0.0441. The second-order valence-electron chi connectivity index (χ2n) is 3.61. The van der Waals surface area contributed by atoms with E-state index in [1.165, 1.54) is 0 Å². The maximum Gasteiger partial charge on any atom is 0.293 e. The zero-order chi connectivity index (χ0) is 12.8. The van der Waals surface area contributed by atoms with Crippen LogP contribution in [0.1, 0.15) is 6.92 Å². The molecule has 0 N–H and O–H groups in total. The lowest BCUT2D eigenvalue weighted by Crippen LogP contribution is -2.29. The van der Waals surface area contributed by atoms with Gasteiger partial charge in [-0.05, 0) is 19.1 Å². The van der Waals surface area contributed by atoms with Gasteiger partial charge in [0.05, 0.1) is 0 Å². The predicted molar refractivity (Wildman–Crippen MR) is 78.7 cm³/mol.